The van der Waals surface area contributed by atoms with Crippen LogP contribution in [0.3, 0.4) is 0 Å². The fourth-order valence-corrected chi connectivity index (χ4v) is 4.85. The molecule has 0 spiro atoms. The van der Waals surface area contributed by atoms with Gasteiger partial charge in [-0.2, -0.15) is 4.80 Å². The first-order chi connectivity index (χ1) is 22.3. The van der Waals surface area contributed by atoms with E-state index in [4.69, 9.17) is 25.8 Å². The summed E-state index contributed by atoms with van der Waals surface area (Å²) in [6, 6.07) is 23.2. The molecule has 236 valence electrons. The van der Waals surface area contributed by atoms with E-state index in [-0.39, 0.29) is 24.7 Å². The summed E-state index contributed by atoms with van der Waals surface area (Å²) in [5, 5.41) is 16.0. The van der Waals surface area contributed by atoms with Crippen molar-refractivity contribution in [1.29, 1.82) is 0 Å². The molecule has 5 aromatic rings. The molecule has 4 aromatic carbocycles. The number of aromatic nitrogens is 4. The molecule has 0 aliphatic carbocycles. The number of methoxy groups -OCH3 is 3. The number of tetrazole rings is 1. The number of ether oxygens (including phenoxy) is 3. The van der Waals surface area contributed by atoms with Crippen molar-refractivity contribution in [3.63, 3.8) is 0 Å². The normalized spacial score (nSPS) is 11.4. The maximum atomic E-state index is 14.2. The van der Waals surface area contributed by atoms with Gasteiger partial charge in [0.1, 0.15) is 24.2 Å². The van der Waals surface area contributed by atoms with Crippen LogP contribution in [0, 0.1) is 5.82 Å². The Labute approximate surface area is 269 Å². The minimum atomic E-state index is -1.13. The number of benzene rings is 4. The zero-order valence-corrected chi connectivity index (χ0v) is 25.9. The summed E-state index contributed by atoms with van der Waals surface area (Å²) < 4.78 is 29.5. The fourth-order valence-electron chi connectivity index (χ4n) is 4.73. The average Bonchev–Trinajstić information content (AvgIpc) is 3.55. The summed E-state index contributed by atoms with van der Waals surface area (Å²) in [5.41, 5.74) is 2.20. The topological polar surface area (TPSA) is 121 Å². The summed E-state index contributed by atoms with van der Waals surface area (Å²) in [5.74, 6) is 0.479. The molecule has 46 heavy (non-hydrogen) atoms. The van der Waals surface area contributed by atoms with E-state index in [2.05, 4.69) is 20.7 Å². The molecule has 5 rings (SSSR count). The number of anilines is 1. The van der Waals surface area contributed by atoms with Gasteiger partial charge in [0, 0.05) is 22.8 Å². The number of nitrogens with one attached hydrogen (secondary N) is 1. The van der Waals surface area contributed by atoms with Crippen LogP contribution >= 0.6 is 11.6 Å². The quantitative estimate of drug-likeness (QED) is 0.196. The molecule has 11 nitrogen and oxygen atoms in total. The van der Waals surface area contributed by atoms with E-state index in [9.17, 15) is 14.0 Å². The van der Waals surface area contributed by atoms with Crippen LogP contribution in [0.1, 0.15) is 17.2 Å². The molecule has 13 heteroatoms. The second-order valence-corrected chi connectivity index (χ2v) is 10.4. The van der Waals surface area contributed by atoms with E-state index < -0.39 is 17.9 Å². The molecule has 1 N–H and O–H groups in total. The molecule has 0 saturated carbocycles. The van der Waals surface area contributed by atoms with Crippen LogP contribution in [-0.2, 0) is 22.7 Å². The molecule has 0 aliphatic heterocycles. The Kier molecular flexibility index (Phi) is 10.1. The number of nitrogens with zero attached hydrogens (tertiary/aromatic N) is 5. The molecule has 1 unspecified atom stereocenters. The van der Waals surface area contributed by atoms with Gasteiger partial charge in [0.25, 0.3) is 5.91 Å². The molecule has 0 saturated heterocycles. The fraction of sp³-hybridized carbons (Fsp3) is 0.182. The van der Waals surface area contributed by atoms with Gasteiger partial charge in [-0.1, -0.05) is 35.9 Å². The van der Waals surface area contributed by atoms with Crippen molar-refractivity contribution in [3.8, 4) is 28.6 Å². The number of hydrogen-bond acceptors (Lipinski definition) is 8. The Balaban J connectivity index is 1.49. The van der Waals surface area contributed by atoms with Crippen molar-refractivity contribution in [3.05, 3.63) is 113 Å². The third kappa shape index (κ3) is 7.41. The number of hydrogen-bond donors (Lipinski definition) is 1. The summed E-state index contributed by atoms with van der Waals surface area (Å²) in [4.78, 5) is 30.6. The highest BCUT2D eigenvalue weighted by Crippen LogP contribution is 2.32. The number of rotatable bonds is 12. The van der Waals surface area contributed by atoms with E-state index in [1.807, 2.05) is 0 Å². The summed E-state index contributed by atoms with van der Waals surface area (Å²) in [7, 11) is 4.58. The van der Waals surface area contributed by atoms with E-state index in [1.54, 1.807) is 78.9 Å². The SMILES string of the molecule is COc1ccc(N(C(=O)Cn2nnc(-c3ccc(OC)c(OC)c3)n2)C(C(=O)NCc2ccc(F)cc2)c2ccc(Cl)cc2)cc1. The van der Waals surface area contributed by atoms with E-state index >= 15 is 0 Å². The lowest BCUT2D eigenvalue weighted by Gasteiger charge is -2.31. The third-order valence-electron chi connectivity index (χ3n) is 7.06. The van der Waals surface area contributed by atoms with Crippen LogP contribution < -0.4 is 24.4 Å². The number of amides is 2. The van der Waals surface area contributed by atoms with Crippen LogP contribution in [0.25, 0.3) is 11.4 Å². The zero-order valence-electron chi connectivity index (χ0n) is 25.2. The highest BCUT2D eigenvalue weighted by atomic mass is 35.5. The maximum Gasteiger partial charge on any atom is 0.251 e. The number of carbonyl (C=O) groups excluding carboxylic acids is 2. The Morgan fingerprint density at radius 2 is 1.59 bits per heavy atom. The van der Waals surface area contributed by atoms with Crippen LogP contribution in [0.5, 0.6) is 17.2 Å². The Morgan fingerprint density at radius 3 is 2.24 bits per heavy atom. The van der Waals surface area contributed by atoms with Gasteiger partial charge in [0.2, 0.25) is 11.7 Å². The number of carbonyl (C=O) groups is 2. The Hall–Kier alpha value is -5.49. The van der Waals surface area contributed by atoms with Crippen molar-refractivity contribution in [2.45, 2.75) is 19.1 Å². The predicted octanol–water partition coefficient (Wildman–Crippen LogP) is 5.25. The third-order valence-corrected chi connectivity index (χ3v) is 7.31. The first kappa shape index (κ1) is 31.9. The van der Waals surface area contributed by atoms with Crippen molar-refractivity contribution in [2.75, 3.05) is 26.2 Å². The van der Waals surface area contributed by atoms with Crippen molar-refractivity contribution < 1.29 is 28.2 Å². The first-order valence-electron chi connectivity index (χ1n) is 14.0. The second kappa shape index (κ2) is 14.5. The Bertz CT molecular complexity index is 1800. The first-order valence-corrected chi connectivity index (χ1v) is 14.4. The van der Waals surface area contributed by atoms with Crippen LogP contribution in [-0.4, -0.2) is 53.4 Å². The van der Waals surface area contributed by atoms with Gasteiger partial charge in [-0.3, -0.25) is 14.5 Å². The van der Waals surface area contributed by atoms with Crippen molar-refractivity contribution in [1.82, 2.24) is 25.5 Å². The molecule has 0 radical (unpaired) electrons. The van der Waals surface area contributed by atoms with Crippen LogP contribution in [0.2, 0.25) is 5.02 Å². The maximum absolute atomic E-state index is 14.2. The van der Waals surface area contributed by atoms with Gasteiger partial charge in [0.05, 0.1) is 21.3 Å². The van der Waals surface area contributed by atoms with Crippen LogP contribution in [0.4, 0.5) is 10.1 Å². The summed E-state index contributed by atoms with van der Waals surface area (Å²) in [6.45, 7) is -0.241. The van der Waals surface area contributed by atoms with E-state index in [0.29, 0.717) is 44.6 Å². The van der Waals surface area contributed by atoms with Crippen molar-refractivity contribution in [2.24, 2.45) is 0 Å². The molecule has 0 aliphatic rings. The lowest BCUT2D eigenvalue weighted by molar-refractivity contribution is -0.127. The summed E-state index contributed by atoms with van der Waals surface area (Å²) in [6.07, 6.45) is 0. The smallest absolute Gasteiger partial charge is 0.251 e. The molecule has 1 aromatic heterocycles. The largest absolute Gasteiger partial charge is 0.497 e. The highest BCUT2D eigenvalue weighted by Gasteiger charge is 2.33. The lowest BCUT2D eigenvalue weighted by Crippen LogP contribution is -2.45. The average molecular weight is 645 g/mol. The highest BCUT2D eigenvalue weighted by molar-refractivity contribution is 6.30. The molecule has 0 fully saturated rings. The van der Waals surface area contributed by atoms with Crippen LogP contribution in [0.15, 0.2) is 91.0 Å². The molecule has 2 amide bonds. The second-order valence-electron chi connectivity index (χ2n) is 9.97. The minimum absolute atomic E-state index is 0.104. The predicted molar refractivity (Wildman–Crippen MR) is 169 cm³/mol. The monoisotopic (exact) mass is 644 g/mol. The molecular weight excluding hydrogens is 615 g/mol. The van der Waals surface area contributed by atoms with Gasteiger partial charge in [-0.05, 0) is 83.1 Å². The minimum Gasteiger partial charge on any atom is -0.497 e. The van der Waals surface area contributed by atoms with Gasteiger partial charge in [-0.15, -0.1) is 10.2 Å². The van der Waals surface area contributed by atoms with Gasteiger partial charge in [0.15, 0.2) is 11.5 Å². The lowest BCUT2D eigenvalue weighted by atomic mass is 10.0. The van der Waals surface area contributed by atoms with E-state index in [0.717, 1.165) is 4.80 Å². The molecule has 0 bridgehead atoms. The number of halogens is 2. The summed E-state index contributed by atoms with van der Waals surface area (Å²) >= 11 is 6.17. The zero-order chi connectivity index (χ0) is 32.6. The van der Waals surface area contributed by atoms with E-state index in [1.165, 1.54) is 38.4 Å². The van der Waals surface area contributed by atoms with Crippen molar-refractivity contribution >= 4 is 29.1 Å². The molecule has 1 heterocycles. The standard InChI is InChI=1S/C33H30ClFN6O5/c1-44-27-15-13-26(14-16-27)41(30(42)20-40-38-32(37-39-40)23-8-17-28(45-2)29(18-23)46-3)31(22-6-9-24(34)10-7-22)33(43)36-19-21-4-11-25(35)12-5-21/h4-18,31H,19-20H2,1-3H3,(H,36,43). The van der Waals surface area contributed by atoms with Gasteiger partial charge in [-0.25, -0.2) is 4.39 Å². The van der Waals surface area contributed by atoms with Gasteiger partial charge < -0.3 is 19.5 Å². The van der Waals surface area contributed by atoms with Gasteiger partial charge >= 0.3 is 0 Å². The molecular formula is C33H30ClFN6O5. The Morgan fingerprint density at radius 1 is 0.891 bits per heavy atom. The molecule has 1 atom stereocenters.